The van der Waals surface area contributed by atoms with E-state index in [9.17, 15) is 8.60 Å². The number of nitrogens with zero attached hydrogens (tertiary/aromatic N) is 3. The van der Waals surface area contributed by atoms with Gasteiger partial charge in [0.25, 0.3) is 0 Å². The number of anilines is 1. The number of allylic oxidation sites excluding steroid dienone is 5. The third-order valence-electron chi connectivity index (χ3n) is 6.92. The molecule has 1 aliphatic heterocycles. The molecular formula is C33H43FN4OS. The van der Waals surface area contributed by atoms with Crippen molar-refractivity contribution in [1.29, 1.82) is 0 Å². The SMILES string of the molecule is C=C/C=C(\N=C(C)Nc1ccc(S(=C)(=O)N2CCC(N(C)C/C(C)=C/C=C(C)C)CC2)cc1)c1ccc(F)cc1. The molecule has 1 heterocycles. The highest BCUT2D eigenvalue weighted by Gasteiger charge is 2.27. The monoisotopic (exact) mass is 562 g/mol. The smallest absolute Gasteiger partial charge is 0.123 e. The summed E-state index contributed by atoms with van der Waals surface area (Å²) in [5.74, 6) is 4.52. The molecule has 3 rings (SSSR count). The summed E-state index contributed by atoms with van der Waals surface area (Å²) in [5.41, 5.74) is 4.92. The molecule has 0 aromatic heterocycles. The van der Waals surface area contributed by atoms with E-state index in [2.05, 4.69) is 67.6 Å². The van der Waals surface area contributed by atoms with Gasteiger partial charge in [-0.2, -0.15) is 0 Å². The maximum atomic E-state index is 13.8. The number of amidine groups is 1. The Morgan fingerprint density at radius 3 is 2.25 bits per heavy atom. The van der Waals surface area contributed by atoms with Gasteiger partial charge in [-0.1, -0.05) is 36.0 Å². The van der Waals surface area contributed by atoms with Crippen LogP contribution in [0.25, 0.3) is 5.70 Å². The van der Waals surface area contributed by atoms with Gasteiger partial charge in [-0.25, -0.2) is 17.9 Å². The van der Waals surface area contributed by atoms with Gasteiger partial charge in [0.15, 0.2) is 0 Å². The van der Waals surface area contributed by atoms with E-state index in [4.69, 9.17) is 0 Å². The van der Waals surface area contributed by atoms with Gasteiger partial charge in [0.2, 0.25) is 0 Å². The van der Waals surface area contributed by atoms with E-state index in [1.165, 1.54) is 23.3 Å². The molecule has 1 atom stereocenters. The minimum atomic E-state index is -2.58. The number of benzene rings is 2. The number of rotatable bonds is 10. The Bertz CT molecular complexity index is 1370. The number of piperidine rings is 1. The van der Waals surface area contributed by atoms with Crippen LogP contribution in [-0.2, 0) is 9.71 Å². The van der Waals surface area contributed by atoms with Crippen LogP contribution in [0.3, 0.4) is 0 Å². The van der Waals surface area contributed by atoms with Crippen LogP contribution in [0.2, 0.25) is 0 Å². The van der Waals surface area contributed by atoms with Crippen molar-refractivity contribution in [3.8, 4) is 0 Å². The second-order valence-corrected chi connectivity index (χ2v) is 12.9. The topological polar surface area (TPSA) is 47.9 Å². The lowest BCUT2D eigenvalue weighted by atomic mass is 10.0. The Hall–Kier alpha value is -3.26. The average molecular weight is 563 g/mol. The second-order valence-electron chi connectivity index (χ2n) is 10.6. The maximum absolute atomic E-state index is 13.8. The lowest BCUT2D eigenvalue weighted by Crippen LogP contribution is -2.45. The van der Waals surface area contributed by atoms with Crippen LogP contribution in [0, 0.1) is 5.82 Å². The molecule has 1 unspecified atom stereocenters. The maximum Gasteiger partial charge on any atom is 0.123 e. The van der Waals surface area contributed by atoms with E-state index in [-0.39, 0.29) is 5.82 Å². The van der Waals surface area contributed by atoms with Crippen molar-refractivity contribution in [2.75, 3.05) is 32.0 Å². The zero-order valence-corrected chi connectivity index (χ0v) is 25.3. The number of aliphatic imine (C=N–C) groups is 1. The molecule has 0 bridgehead atoms. The zero-order chi connectivity index (χ0) is 29.3. The molecule has 1 saturated heterocycles. The van der Waals surface area contributed by atoms with Crippen molar-refractivity contribution in [2.24, 2.45) is 4.99 Å². The molecule has 0 saturated carbocycles. The Kier molecular flexibility index (Phi) is 11.3. The molecular weight excluding hydrogens is 519 g/mol. The van der Waals surface area contributed by atoms with E-state index in [0.717, 1.165) is 48.6 Å². The number of likely N-dealkylation sites (N-methyl/N-ethyl adjacent to an activating group) is 1. The normalized spacial score (nSPS) is 17.4. The molecule has 2 aromatic rings. The first-order valence-electron chi connectivity index (χ1n) is 13.6. The van der Waals surface area contributed by atoms with E-state index in [0.29, 0.717) is 17.6 Å². The van der Waals surface area contributed by atoms with E-state index in [1.54, 1.807) is 24.3 Å². The molecule has 2 aromatic carbocycles. The van der Waals surface area contributed by atoms with Gasteiger partial charge in [-0.15, -0.1) is 0 Å². The summed E-state index contributed by atoms with van der Waals surface area (Å²) in [4.78, 5) is 7.78. The molecule has 1 aliphatic rings. The Morgan fingerprint density at radius 2 is 1.68 bits per heavy atom. The third kappa shape index (κ3) is 8.88. The number of hydrogen-bond acceptors (Lipinski definition) is 3. The summed E-state index contributed by atoms with van der Waals surface area (Å²) < 4.78 is 29.1. The Morgan fingerprint density at radius 1 is 1.05 bits per heavy atom. The first kappa shape index (κ1) is 31.3. The molecule has 0 aliphatic carbocycles. The van der Waals surface area contributed by atoms with Crippen LogP contribution in [0.4, 0.5) is 10.1 Å². The molecule has 40 heavy (non-hydrogen) atoms. The van der Waals surface area contributed by atoms with Crippen molar-refractivity contribution in [3.05, 3.63) is 102 Å². The summed E-state index contributed by atoms with van der Waals surface area (Å²) in [5, 5.41) is 3.28. The van der Waals surface area contributed by atoms with Gasteiger partial charge >= 0.3 is 0 Å². The minimum Gasteiger partial charge on any atom is -0.344 e. The second kappa shape index (κ2) is 14.4. The highest BCUT2D eigenvalue weighted by atomic mass is 32.2. The van der Waals surface area contributed by atoms with Crippen molar-refractivity contribution >= 4 is 32.8 Å². The molecule has 7 heteroatoms. The highest BCUT2D eigenvalue weighted by molar-refractivity contribution is 7.98. The Balaban J connectivity index is 1.61. The van der Waals surface area contributed by atoms with Gasteiger partial charge in [-0.3, -0.25) is 4.90 Å². The van der Waals surface area contributed by atoms with Crippen LogP contribution >= 0.6 is 0 Å². The number of nitrogens with one attached hydrogen (secondary N) is 1. The fraction of sp³-hybridized carbons (Fsp3) is 0.333. The molecule has 0 radical (unpaired) electrons. The van der Waals surface area contributed by atoms with E-state index >= 15 is 0 Å². The molecule has 214 valence electrons. The van der Waals surface area contributed by atoms with Crippen LogP contribution < -0.4 is 5.32 Å². The van der Waals surface area contributed by atoms with Gasteiger partial charge in [-0.05, 0) is 108 Å². The van der Waals surface area contributed by atoms with Crippen LogP contribution in [0.5, 0.6) is 0 Å². The van der Waals surface area contributed by atoms with Crippen molar-refractivity contribution < 1.29 is 8.60 Å². The fourth-order valence-corrected chi connectivity index (χ4v) is 6.37. The highest BCUT2D eigenvalue weighted by Crippen LogP contribution is 2.25. The van der Waals surface area contributed by atoms with Gasteiger partial charge in [0.1, 0.15) is 11.7 Å². The number of hydrogen-bond donors (Lipinski definition) is 1. The summed E-state index contributed by atoms with van der Waals surface area (Å²) in [6.07, 6.45) is 9.70. The largest absolute Gasteiger partial charge is 0.344 e. The summed E-state index contributed by atoms with van der Waals surface area (Å²) in [6, 6.07) is 14.2. The summed E-state index contributed by atoms with van der Waals surface area (Å²) >= 11 is 0. The van der Waals surface area contributed by atoms with Crippen molar-refractivity contribution in [1.82, 2.24) is 9.21 Å². The predicted octanol–water partition coefficient (Wildman–Crippen LogP) is 7.18. The van der Waals surface area contributed by atoms with E-state index < -0.39 is 9.71 Å². The predicted molar refractivity (Wildman–Crippen MR) is 172 cm³/mol. The Labute approximate surface area is 240 Å². The molecule has 5 nitrogen and oxygen atoms in total. The van der Waals surface area contributed by atoms with Crippen molar-refractivity contribution in [2.45, 2.75) is 51.5 Å². The van der Waals surface area contributed by atoms with Crippen LogP contribution in [-0.4, -0.2) is 57.8 Å². The lowest BCUT2D eigenvalue weighted by Gasteiger charge is -2.38. The fourth-order valence-electron chi connectivity index (χ4n) is 4.71. The quantitative estimate of drug-likeness (QED) is 0.144. The first-order valence-corrected chi connectivity index (χ1v) is 15.3. The summed E-state index contributed by atoms with van der Waals surface area (Å²) in [7, 11) is -0.402. The molecule has 0 amide bonds. The molecule has 0 spiro atoms. The van der Waals surface area contributed by atoms with Gasteiger partial charge < -0.3 is 5.32 Å². The molecule has 1 fully saturated rings. The standard InChI is InChI=1S/C33H43FN4OS/c1-8-9-33(28-12-14-29(34)15-13-28)36-27(5)35-30-16-18-32(19-17-30)40(7,39)38-22-20-31(21-23-38)37(6)24-26(4)11-10-25(2)3/h8-19,31H,1,7,20-24H2,2-6H3,(H,35,36)/b26-11+,33-9-. The lowest BCUT2D eigenvalue weighted by molar-refractivity contribution is 0.181. The zero-order valence-electron chi connectivity index (χ0n) is 24.5. The van der Waals surface area contributed by atoms with Crippen LogP contribution in [0.15, 0.2) is 100 Å². The molecule has 1 N–H and O–H groups in total. The minimum absolute atomic E-state index is 0.294. The van der Waals surface area contributed by atoms with Gasteiger partial charge in [0.05, 0.1) is 15.4 Å². The number of halogens is 1. The first-order chi connectivity index (χ1) is 19.0. The summed E-state index contributed by atoms with van der Waals surface area (Å²) in [6.45, 7) is 14.4. The van der Waals surface area contributed by atoms with E-state index in [1.807, 2.05) is 35.5 Å². The van der Waals surface area contributed by atoms with Gasteiger partial charge in [0, 0.05) is 41.8 Å². The van der Waals surface area contributed by atoms with Crippen LogP contribution in [0.1, 0.15) is 46.1 Å². The third-order valence-corrected chi connectivity index (χ3v) is 9.12. The van der Waals surface area contributed by atoms with Crippen molar-refractivity contribution in [3.63, 3.8) is 0 Å². The average Bonchev–Trinajstić information content (AvgIpc) is 2.92.